The van der Waals surface area contributed by atoms with Gasteiger partial charge in [0.2, 0.25) is 0 Å². The van der Waals surface area contributed by atoms with Crippen molar-refractivity contribution < 1.29 is 0 Å². The Bertz CT molecular complexity index is 963. The van der Waals surface area contributed by atoms with Gasteiger partial charge in [0, 0.05) is 41.8 Å². The first-order valence-corrected chi connectivity index (χ1v) is 7.24. The minimum atomic E-state index is 0.397. The zero-order valence-corrected chi connectivity index (χ0v) is 12.3. The highest BCUT2D eigenvalue weighted by Crippen LogP contribution is 2.30. The Morgan fingerprint density at radius 2 is 1.70 bits per heavy atom. The molecule has 0 saturated carbocycles. The van der Waals surface area contributed by atoms with Gasteiger partial charge in [-0.2, -0.15) is 0 Å². The van der Waals surface area contributed by atoms with Gasteiger partial charge in [-0.15, -0.1) is 0 Å². The van der Waals surface area contributed by atoms with Gasteiger partial charge in [0.1, 0.15) is 5.82 Å². The van der Waals surface area contributed by atoms with Crippen molar-refractivity contribution in [1.29, 1.82) is 0 Å². The van der Waals surface area contributed by atoms with E-state index < -0.39 is 0 Å². The first kappa shape index (κ1) is 13.4. The number of aromatic nitrogens is 3. The summed E-state index contributed by atoms with van der Waals surface area (Å²) in [4.78, 5) is 12.7. The fraction of sp³-hybridized carbons (Fsp3) is 0. The van der Waals surface area contributed by atoms with Crippen LogP contribution >= 0.6 is 0 Å². The van der Waals surface area contributed by atoms with Gasteiger partial charge in [0.25, 0.3) is 0 Å². The molecule has 4 rings (SSSR count). The number of hydrogen-bond acceptors (Lipinski definition) is 4. The van der Waals surface area contributed by atoms with E-state index in [0.29, 0.717) is 5.82 Å². The molecule has 2 N–H and O–H groups in total. The summed E-state index contributed by atoms with van der Waals surface area (Å²) >= 11 is 0. The summed E-state index contributed by atoms with van der Waals surface area (Å²) in [6.45, 7) is 0. The second-order valence-electron chi connectivity index (χ2n) is 5.21. The van der Waals surface area contributed by atoms with E-state index in [-0.39, 0.29) is 0 Å². The molecule has 0 bridgehead atoms. The molecule has 4 nitrogen and oxygen atoms in total. The van der Waals surface area contributed by atoms with Crippen LogP contribution in [0.5, 0.6) is 0 Å². The summed E-state index contributed by atoms with van der Waals surface area (Å²) in [6.07, 6.45) is 7.18. The minimum Gasteiger partial charge on any atom is -0.383 e. The monoisotopic (exact) mass is 297 g/mol. The van der Waals surface area contributed by atoms with Crippen LogP contribution in [0.4, 0.5) is 5.82 Å². The molecule has 0 fully saturated rings. The van der Waals surface area contributed by atoms with Gasteiger partial charge < -0.3 is 5.73 Å². The van der Waals surface area contributed by atoms with Gasteiger partial charge >= 0.3 is 0 Å². The smallest absolute Gasteiger partial charge is 0.131 e. The molecule has 0 saturated heterocycles. The summed E-state index contributed by atoms with van der Waals surface area (Å²) in [5.41, 5.74) is 10.9. The van der Waals surface area contributed by atoms with Crippen molar-refractivity contribution in [3.8, 4) is 22.3 Å². The number of fused-ring (bicyclic) bond motifs is 1. The van der Waals surface area contributed by atoms with Gasteiger partial charge in [0.15, 0.2) is 0 Å². The number of anilines is 1. The number of nitrogens with zero attached hydrogens (tertiary/aromatic N) is 3. The molecule has 0 unspecified atom stereocenters. The van der Waals surface area contributed by atoms with Crippen LogP contribution in [0.1, 0.15) is 0 Å². The Morgan fingerprint density at radius 3 is 2.48 bits per heavy atom. The predicted molar refractivity (Wildman–Crippen MR) is 91.5 cm³/mol. The summed E-state index contributed by atoms with van der Waals surface area (Å²) in [6, 6.07) is 17.0. The summed E-state index contributed by atoms with van der Waals surface area (Å²) in [7, 11) is 0. The van der Waals surface area contributed by atoms with Crippen molar-refractivity contribution in [2.75, 3.05) is 5.73 Å². The van der Waals surface area contributed by atoms with E-state index in [0.717, 1.165) is 33.2 Å². The Hall–Kier alpha value is -3.27. The van der Waals surface area contributed by atoms with Crippen molar-refractivity contribution in [2.45, 2.75) is 0 Å². The van der Waals surface area contributed by atoms with Crippen molar-refractivity contribution >= 4 is 16.7 Å². The van der Waals surface area contributed by atoms with Crippen molar-refractivity contribution in [3.63, 3.8) is 0 Å². The molecule has 23 heavy (non-hydrogen) atoms. The van der Waals surface area contributed by atoms with Crippen molar-refractivity contribution in [2.24, 2.45) is 0 Å². The van der Waals surface area contributed by atoms with Crippen molar-refractivity contribution in [1.82, 2.24) is 15.0 Å². The summed E-state index contributed by atoms with van der Waals surface area (Å²) in [5, 5.41) is 1.09. The molecule has 0 amide bonds. The average molecular weight is 297 g/mol. The van der Waals surface area contributed by atoms with E-state index in [1.54, 1.807) is 18.6 Å². The molecule has 3 heterocycles. The number of nitrogen functional groups attached to an aromatic ring is 1. The van der Waals surface area contributed by atoms with Crippen LogP contribution in [0.15, 0.2) is 67.3 Å². The Labute approximate surface area is 133 Å². The second-order valence-corrected chi connectivity index (χ2v) is 5.21. The van der Waals surface area contributed by atoms with Crippen LogP contribution in [-0.4, -0.2) is 15.0 Å². The van der Waals surface area contributed by atoms with Gasteiger partial charge in [-0.1, -0.05) is 6.07 Å². The fourth-order valence-corrected chi connectivity index (χ4v) is 2.63. The van der Waals surface area contributed by atoms with Crippen LogP contribution in [-0.2, 0) is 0 Å². The molecular weight excluding hydrogens is 284 g/mol. The third kappa shape index (κ3) is 2.51. The van der Waals surface area contributed by atoms with E-state index in [1.165, 1.54) is 0 Å². The largest absolute Gasteiger partial charge is 0.383 e. The molecular formula is C19H13N4. The molecule has 1 radical (unpaired) electrons. The maximum Gasteiger partial charge on any atom is 0.131 e. The zero-order valence-electron chi connectivity index (χ0n) is 12.3. The lowest BCUT2D eigenvalue weighted by Gasteiger charge is -2.08. The molecule has 109 valence electrons. The lowest BCUT2D eigenvalue weighted by Crippen LogP contribution is -1.90. The van der Waals surface area contributed by atoms with Crippen LogP contribution in [0.2, 0.25) is 0 Å². The topological polar surface area (TPSA) is 64.7 Å². The number of nitrogens with two attached hydrogens (primary N) is 1. The van der Waals surface area contributed by atoms with Crippen LogP contribution in [0.25, 0.3) is 33.2 Å². The third-order valence-electron chi connectivity index (χ3n) is 3.78. The minimum absolute atomic E-state index is 0.397. The third-order valence-corrected chi connectivity index (χ3v) is 3.78. The number of benzene rings is 1. The first-order chi connectivity index (χ1) is 11.3. The lowest BCUT2D eigenvalue weighted by molar-refractivity contribution is 1.33. The molecule has 0 spiro atoms. The van der Waals surface area contributed by atoms with Gasteiger partial charge in [-0.05, 0) is 53.1 Å². The molecule has 3 aromatic heterocycles. The number of rotatable bonds is 2. The second kappa shape index (κ2) is 5.50. The fourth-order valence-electron chi connectivity index (χ4n) is 2.63. The highest BCUT2D eigenvalue weighted by Gasteiger charge is 2.07. The van der Waals surface area contributed by atoms with E-state index in [2.05, 4.69) is 27.1 Å². The maximum absolute atomic E-state index is 5.61. The molecule has 1 aromatic carbocycles. The SMILES string of the molecule is Nc1[c]cc(-c2ccc3nccc(-c4ccncc4)c3c2)cn1. The van der Waals surface area contributed by atoms with Crippen molar-refractivity contribution in [3.05, 3.63) is 73.3 Å². The normalized spacial score (nSPS) is 10.8. The van der Waals surface area contributed by atoms with Gasteiger partial charge in [-0.3, -0.25) is 9.97 Å². The standard InChI is InChI=1S/C19H13N4/c20-19-4-2-15(12-23-19)14-1-3-18-17(11-14)16(7-10-22-18)13-5-8-21-9-6-13/h1-3,5-12H,(H2,20,23). The van der Waals surface area contributed by atoms with Gasteiger partial charge in [-0.25, -0.2) is 4.98 Å². The Morgan fingerprint density at radius 1 is 0.826 bits per heavy atom. The average Bonchev–Trinajstić information content (AvgIpc) is 2.62. The predicted octanol–water partition coefficient (Wildman–Crippen LogP) is 3.74. The summed E-state index contributed by atoms with van der Waals surface area (Å²) in [5.74, 6) is 0.397. The Balaban J connectivity index is 1.92. The van der Waals surface area contributed by atoms with E-state index in [4.69, 9.17) is 5.73 Å². The van der Waals surface area contributed by atoms with E-state index in [9.17, 15) is 0 Å². The Kier molecular flexibility index (Phi) is 3.20. The van der Waals surface area contributed by atoms with Crippen LogP contribution < -0.4 is 5.73 Å². The van der Waals surface area contributed by atoms with Crippen LogP contribution in [0.3, 0.4) is 0 Å². The number of pyridine rings is 3. The highest BCUT2D eigenvalue weighted by atomic mass is 14.8. The molecule has 4 aromatic rings. The molecule has 0 aliphatic rings. The molecule has 0 atom stereocenters. The molecule has 4 heteroatoms. The lowest BCUT2D eigenvalue weighted by atomic mass is 9.98. The van der Waals surface area contributed by atoms with E-state index >= 15 is 0 Å². The molecule has 0 aliphatic carbocycles. The molecule has 0 aliphatic heterocycles. The zero-order chi connectivity index (χ0) is 15.6. The quantitative estimate of drug-likeness (QED) is 0.612. The van der Waals surface area contributed by atoms with Gasteiger partial charge in [0.05, 0.1) is 5.52 Å². The first-order valence-electron chi connectivity index (χ1n) is 7.24. The highest BCUT2D eigenvalue weighted by molar-refractivity contribution is 5.96. The summed E-state index contributed by atoms with van der Waals surface area (Å²) < 4.78 is 0. The van der Waals surface area contributed by atoms with E-state index in [1.807, 2.05) is 42.6 Å². The number of hydrogen-bond donors (Lipinski definition) is 1. The van der Waals surface area contributed by atoms with Crippen LogP contribution in [0, 0.1) is 6.07 Å². The maximum atomic E-state index is 5.61.